The molecule has 0 saturated heterocycles. The van der Waals surface area contributed by atoms with Gasteiger partial charge >= 0.3 is 0 Å². The average molecular weight is 1140 g/mol. The SMILES string of the molecule is c1ccc(-c2c(-c3ccccc3)c(-c3ccccc3)c(-c3ccc4c(c3)c3cc(-c5c(-c6ccccc6)c(-c6ccccc6)c(-c6ccccc6)c(-c6ccccc6)c5-c5ccccc5)ccc3c3nccnc43)c(-c3ccccc3)c2-c2ccccc2)cc1. The third kappa shape index (κ3) is 9.47. The molecule has 1 aromatic heterocycles. The van der Waals surface area contributed by atoms with Gasteiger partial charge in [-0.1, -0.05) is 328 Å². The number of nitrogens with zero attached hydrogens (tertiary/aromatic N) is 2. The fourth-order valence-electron chi connectivity index (χ4n) is 14.0. The molecule has 420 valence electrons. The predicted octanol–water partition coefficient (Wildman–Crippen LogP) is 23.9. The molecule has 1 heterocycles. The zero-order chi connectivity index (χ0) is 59.7. The van der Waals surface area contributed by atoms with Crippen LogP contribution in [-0.2, 0) is 0 Å². The summed E-state index contributed by atoms with van der Waals surface area (Å²) < 4.78 is 0. The Hall–Kier alpha value is -11.8. The third-order valence-corrected chi connectivity index (χ3v) is 17.7. The van der Waals surface area contributed by atoms with Crippen molar-refractivity contribution in [2.75, 3.05) is 0 Å². The molecule has 0 aliphatic heterocycles. The first-order valence-corrected chi connectivity index (χ1v) is 30.9. The summed E-state index contributed by atoms with van der Waals surface area (Å²) in [6, 6.07) is 125. The lowest BCUT2D eigenvalue weighted by Gasteiger charge is -2.29. The normalized spacial score (nSPS) is 11.3. The highest BCUT2D eigenvalue weighted by Gasteiger charge is 2.32. The summed E-state index contributed by atoms with van der Waals surface area (Å²) in [6.45, 7) is 0. The van der Waals surface area contributed by atoms with Crippen molar-refractivity contribution in [1.82, 2.24) is 9.97 Å². The lowest BCUT2D eigenvalue weighted by atomic mass is 9.73. The molecule has 0 spiro atoms. The zero-order valence-corrected chi connectivity index (χ0v) is 49.4. The van der Waals surface area contributed by atoms with E-state index in [4.69, 9.17) is 9.97 Å². The van der Waals surface area contributed by atoms with Gasteiger partial charge in [0.05, 0.1) is 11.0 Å². The lowest BCUT2D eigenvalue weighted by molar-refractivity contribution is 1.31. The van der Waals surface area contributed by atoms with Gasteiger partial charge in [-0.25, -0.2) is 0 Å². The molecule has 0 aliphatic carbocycles. The molecule has 0 saturated carbocycles. The van der Waals surface area contributed by atoms with Crippen LogP contribution >= 0.6 is 0 Å². The van der Waals surface area contributed by atoms with E-state index in [1.807, 2.05) is 12.4 Å². The minimum atomic E-state index is 0.861. The molecule has 16 aromatic rings. The van der Waals surface area contributed by atoms with Crippen LogP contribution in [-0.4, -0.2) is 9.97 Å². The summed E-state index contributed by atoms with van der Waals surface area (Å²) in [5.74, 6) is 0. The van der Waals surface area contributed by atoms with Crippen LogP contribution in [0.1, 0.15) is 0 Å². The first kappa shape index (κ1) is 53.6. The van der Waals surface area contributed by atoms with Gasteiger partial charge < -0.3 is 0 Å². The van der Waals surface area contributed by atoms with Crippen LogP contribution in [0.2, 0.25) is 0 Å². The number of hydrogen-bond donors (Lipinski definition) is 0. The molecule has 15 aromatic carbocycles. The minimum absolute atomic E-state index is 0.861. The maximum absolute atomic E-state index is 5.20. The molecule has 0 aliphatic rings. The van der Waals surface area contributed by atoms with Crippen molar-refractivity contribution in [2.24, 2.45) is 0 Å². The van der Waals surface area contributed by atoms with E-state index in [0.717, 1.165) is 133 Å². The molecule has 2 nitrogen and oxygen atoms in total. The van der Waals surface area contributed by atoms with Crippen molar-refractivity contribution in [3.05, 3.63) is 352 Å². The molecule has 0 fully saturated rings. The highest BCUT2D eigenvalue weighted by molar-refractivity contribution is 6.26. The molecular formula is C88H58N2. The van der Waals surface area contributed by atoms with Crippen LogP contribution in [0.25, 0.3) is 166 Å². The van der Waals surface area contributed by atoms with E-state index in [0.29, 0.717) is 0 Å². The topological polar surface area (TPSA) is 25.8 Å². The van der Waals surface area contributed by atoms with Crippen LogP contribution in [0.5, 0.6) is 0 Å². The van der Waals surface area contributed by atoms with E-state index >= 15 is 0 Å². The van der Waals surface area contributed by atoms with Crippen LogP contribution < -0.4 is 0 Å². The summed E-state index contributed by atoms with van der Waals surface area (Å²) in [4.78, 5) is 10.4. The van der Waals surface area contributed by atoms with Gasteiger partial charge in [-0.2, -0.15) is 0 Å². The maximum atomic E-state index is 5.20. The van der Waals surface area contributed by atoms with E-state index in [2.05, 4.69) is 340 Å². The zero-order valence-electron chi connectivity index (χ0n) is 49.4. The highest BCUT2D eigenvalue weighted by Crippen LogP contribution is 2.59. The van der Waals surface area contributed by atoms with Crippen molar-refractivity contribution >= 4 is 32.6 Å². The Morgan fingerprint density at radius 3 is 0.456 bits per heavy atom. The summed E-state index contributed by atoms with van der Waals surface area (Å²) >= 11 is 0. The predicted molar refractivity (Wildman–Crippen MR) is 380 cm³/mol. The van der Waals surface area contributed by atoms with E-state index in [1.54, 1.807) is 0 Å². The number of rotatable bonds is 12. The van der Waals surface area contributed by atoms with Gasteiger partial charge in [0, 0.05) is 23.2 Å². The van der Waals surface area contributed by atoms with E-state index in [9.17, 15) is 0 Å². The van der Waals surface area contributed by atoms with Gasteiger partial charge in [-0.3, -0.25) is 9.97 Å². The highest BCUT2D eigenvalue weighted by atomic mass is 14.8. The van der Waals surface area contributed by atoms with Crippen molar-refractivity contribution < 1.29 is 0 Å². The Morgan fingerprint density at radius 1 is 0.133 bits per heavy atom. The monoisotopic (exact) mass is 1140 g/mol. The smallest absolute Gasteiger partial charge is 0.0971 e. The van der Waals surface area contributed by atoms with Gasteiger partial charge in [0.25, 0.3) is 0 Å². The summed E-state index contributed by atoms with van der Waals surface area (Å²) in [5, 5.41) is 4.23. The molecule has 0 N–H and O–H groups in total. The van der Waals surface area contributed by atoms with Gasteiger partial charge in [0.1, 0.15) is 0 Å². The quantitative estimate of drug-likeness (QED) is 0.114. The van der Waals surface area contributed by atoms with Crippen molar-refractivity contribution in [3.63, 3.8) is 0 Å². The maximum Gasteiger partial charge on any atom is 0.0971 e. The summed E-state index contributed by atoms with van der Waals surface area (Å²) in [7, 11) is 0. The lowest BCUT2D eigenvalue weighted by Crippen LogP contribution is -2.02. The number of benzene rings is 15. The molecule has 90 heavy (non-hydrogen) atoms. The van der Waals surface area contributed by atoms with Gasteiger partial charge in [-0.15, -0.1) is 0 Å². The van der Waals surface area contributed by atoms with Crippen molar-refractivity contribution in [1.29, 1.82) is 0 Å². The largest absolute Gasteiger partial charge is 0.252 e. The molecule has 0 radical (unpaired) electrons. The second-order valence-electron chi connectivity index (χ2n) is 22.9. The van der Waals surface area contributed by atoms with Crippen LogP contribution in [0.15, 0.2) is 352 Å². The second kappa shape index (κ2) is 23.4. The third-order valence-electron chi connectivity index (χ3n) is 17.7. The summed E-state index contributed by atoms with van der Waals surface area (Å²) in [6.07, 6.45) is 3.67. The molecule has 2 heteroatoms. The molecule has 0 atom stereocenters. The Labute approximate surface area is 525 Å². The van der Waals surface area contributed by atoms with Crippen LogP contribution in [0.4, 0.5) is 0 Å². The fourth-order valence-corrected chi connectivity index (χ4v) is 14.0. The van der Waals surface area contributed by atoms with Crippen LogP contribution in [0.3, 0.4) is 0 Å². The van der Waals surface area contributed by atoms with E-state index in [-0.39, 0.29) is 0 Å². The molecule has 0 amide bonds. The minimum Gasteiger partial charge on any atom is -0.252 e. The van der Waals surface area contributed by atoms with Crippen molar-refractivity contribution in [2.45, 2.75) is 0 Å². The Kier molecular flexibility index (Phi) is 14.0. The second-order valence-corrected chi connectivity index (χ2v) is 22.9. The van der Waals surface area contributed by atoms with Gasteiger partial charge in [0.15, 0.2) is 0 Å². The Balaban J connectivity index is 1.10. The van der Waals surface area contributed by atoms with Crippen LogP contribution in [0, 0.1) is 0 Å². The van der Waals surface area contributed by atoms with Gasteiger partial charge in [0.2, 0.25) is 0 Å². The number of aromatic nitrogens is 2. The molecule has 0 unspecified atom stereocenters. The molecule has 16 rings (SSSR count). The number of hydrogen-bond acceptors (Lipinski definition) is 2. The molecular weight excluding hydrogens is 1080 g/mol. The average Bonchev–Trinajstić information content (AvgIpc) is 0.735. The Morgan fingerprint density at radius 2 is 0.289 bits per heavy atom. The first-order valence-electron chi connectivity index (χ1n) is 30.9. The first-order chi connectivity index (χ1) is 44.7. The van der Waals surface area contributed by atoms with Crippen molar-refractivity contribution in [3.8, 4) is 134 Å². The van der Waals surface area contributed by atoms with Gasteiger partial charge in [-0.05, 0) is 156 Å². The standard InChI is InChI=1S/C88H58N2/c1-11-31-59(32-12-1)75-77(61-35-15-3-16-36-61)81(65-43-23-7-24-44-65)85(82(66-45-25-8-26-46-66)78(75)62-37-17-4-18-38-62)69-51-53-71-73(57-69)74-58-70(52-54-72(74)88-87(71)89-55-56-90-88)86-83(67-47-27-9-28-48-67)79(63-39-19-5-20-40-63)76(60-33-13-2-14-34-60)80(64-41-21-6-22-42-64)84(86)68-49-29-10-30-50-68/h1-58H. The number of fused-ring (bicyclic) bond motifs is 6. The van der Waals surface area contributed by atoms with E-state index < -0.39 is 0 Å². The Bertz CT molecular complexity index is 4710. The molecule has 0 bridgehead atoms. The fraction of sp³-hybridized carbons (Fsp3) is 0. The summed E-state index contributed by atoms with van der Waals surface area (Å²) in [5.41, 5.74) is 29.2. The van der Waals surface area contributed by atoms with E-state index in [1.165, 1.54) is 33.4 Å².